The van der Waals surface area contributed by atoms with Crippen LogP contribution in [0.2, 0.25) is 0 Å². The van der Waals surface area contributed by atoms with E-state index in [0.717, 1.165) is 43.7 Å². The molecule has 1 aromatic carbocycles. The maximum absolute atomic E-state index is 15.7. The summed E-state index contributed by atoms with van der Waals surface area (Å²) in [5.41, 5.74) is 2.22. The lowest BCUT2D eigenvalue weighted by atomic mass is 9.92. The van der Waals surface area contributed by atoms with Crippen LogP contribution in [0.25, 0.3) is 0 Å². The molecule has 12 heteroatoms. The quantitative estimate of drug-likeness (QED) is 0.303. The number of alkyl carbamates (subject to hydrolysis) is 1. The smallest absolute Gasteiger partial charge is 0.408 e. The second kappa shape index (κ2) is 13.8. The highest BCUT2D eigenvalue weighted by Gasteiger charge is 2.29. The Morgan fingerprint density at radius 1 is 1.18 bits per heavy atom. The fraction of sp³-hybridized carbons (Fsp3) is 0.469. The SMILES string of the molecule is CC(C)(C)OC(=O)[C@H](CNc1ncnc(N2CCC(c3ccc4c(n3)NCCC4)CC2)c1F)NC(=O)OCc1cc#ccc1. The van der Waals surface area contributed by atoms with E-state index >= 15 is 4.39 Å². The highest BCUT2D eigenvalue weighted by molar-refractivity contribution is 5.82. The van der Waals surface area contributed by atoms with Gasteiger partial charge in [-0.05, 0) is 81.8 Å². The fourth-order valence-corrected chi connectivity index (χ4v) is 5.23. The van der Waals surface area contributed by atoms with E-state index in [1.165, 1.54) is 11.9 Å². The Bertz CT molecular complexity index is 1440. The third-order valence-corrected chi connectivity index (χ3v) is 7.45. The van der Waals surface area contributed by atoms with Crippen LogP contribution in [0.1, 0.15) is 62.8 Å². The van der Waals surface area contributed by atoms with Gasteiger partial charge in [-0.15, -0.1) is 0 Å². The minimum Gasteiger partial charge on any atom is -0.458 e. The first-order valence-corrected chi connectivity index (χ1v) is 14.9. The zero-order chi connectivity index (χ0) is 31.1. The van der Waals surface area contributed by atoms with Gasteiger partial charge in [0.05, 0.1) is 0 Å². The third kappa shape index (κ3) is 8.03. The van der Waals surface area contributed by atoms with Crippen molar-refractivity contribution >= 4 is 29.5 Å². The van der Waals surface area contributed by atoms with Gasteiger partial charge in [0, 0.05) is 37.8 Å². The zero-order valence-electron chi connectivity index (χ0n) is 25.3. The first kappa shape index (κ1) is 30.8. The molecule has 1 saturated heterocycles. The number of hydrogen-bond acceptors (Lipinski definition) is 10. The summed E-state index contributed by atoms with van der Waals surface area (Å²) < 4.78 is 26.4. The van der Waals surface area contributed by atoms with Gasteiger partial charge in [-0.2, -0.15) is 4.39 Å². The fourth-order valence-electron chi connectivity index (χ4n) is 5.23. The number of rotatable bonds is 9. The number of hydrogen-bond donors (Lipinski definition) is 3. The van der Waals surface area contributed by atoms with Crippen LogP contribution in [0, 0.1) is 17.9 Å². The summed E-state index contributed by atoms with van der Waals surface area (Å²) in [7, 11) is 0. The van der Waals surface area contributed by atoms with Crippen molar-refractivity contribution in [3.05, 3.63) is 71.4 Å². The van der Waals surface area contributed by atoms with Gasteiger partial charge in [-0.3, -0.25) is 0 Å². The summed E-state index contributed by atoms with van der Waals surface area (Å²) in [4.78, 5) is 40.5. The van der Waals surface area contributed by atoms with Gasteiger partial charge in [-0.1, -0.05) is 18.2 Å². The number of halogens is 1. The molecule has 11 nitrogen and oxygen atoms in total. The van der Waals surface area contributed by atoms with Crippen LogP contribution in [0.4, 0.5) is 26.6 Å². The molecule has 0 spiro atoms. The average Bonchev–Trinajstić information content (AvgIpc) is 3.02. The number of aryl methyl sites for hydroxylation is 1. The number of piperidine rings is 1. The van der Waals surface area contributed by atoms with Crippen molar-refractivity contribution in [2.24, 2.45) is 0 Å². The molecule has 2 aliphatic heterocycles. The Morgan fingerprint density at radius 3 is 2.75 bits per heavy atom. The number of carbonyl (C=O) groups is 2. The molecular formula is C32H38FN7O4. The number of nitrogens with one attached hydrogen (secondary N) is 3. The molecule has 1 atom stereocenters. The molecule has 2 aromatic heterocycles. The number of amides is 1. The van der Waals surface area contributed by atoms with E-state index in [-0.39, 0.29) is 30.7 Å². The van der Waals surface area contributed by atoms with Crippen molar-refractivity contribution in [2.45, 2.75) is 70.6 Å². The summed E-state index contributed by atoms with van der Waals surface area (Å²) in [5.74, 6) is 0.0202. The molecule has 3 aromatic rings. The number of nitrogens with zero attached hydrogens (tertiary/aromatic N) is 4. The van der Waals surface area contributed by atoms with Gasteiger partial charge in [0.15, 0.2) is 11.6 Å². The molecule has 2 aliphatic rings. The molecule has 0 saturated carbocycles. The summed E-state index contributed by atoms with van der Waals surface area (Å²) >= 11 is 0. The molecule has 1 fully saturated rings. The maximum atomic E-state index is 15.7. The number of pyridine rings is 1. The highest BCUT2D eigenvalue weighted by atomic mass is 19.1. The van der Waals surface area contributed by atoms with Crippen LogP contribution in [-0.2, 0) is 27.3 Å². The number of esters is 1. The first-order valence-electron chi connectivity index (χ1n) is 14.9. The second-order valence-electron chi connectivity index (χ2n) is 11.9. The molecule has 1 amide bonds. The minimum atomic E-state index is -1.18. The summed E-state index contributed by atoms with van der Waals surface area (Å²) in [6.07, 6.45) is 4.23. The van der Waals surface area contributed by atoms with Gasteiger partial charge >= 0.3 is 12.1 Å². The van der Waals surface area contributed by atoms with Crippen molar-refractivity contribution in [2.75, 3.05) is 41.7 Å². The van der Waals surface area contributed by atoms with Gasteiger partial charge in [-0.25, -0.2) is 24.5 Å². The number of fused-ring (bicyclic) bond motifs is 1. The van der Waals surface area contributed by atoms with Crippen molar-refractivity contribution in [1.82, 2.24) is 20.3 Å². The molecule has 44 heavy (non-hydrogen) atoms. The van der Waals surface area contributed by atoms with Crippen LogP contribution >= 0.6 is 0 Å². The molecule has 0 bridgehead atoms. The van der Waals surface area contributed by atoms with Crippen molar-refractivity contribution in [1.29, 1.82) is 0 Å². The minimum absolute atomic E-state index is 0.0223. The second-order valence-corrected chi connectivity index (χ2v) is 11.9. The third-order valence-electron chi connectivity index (χ3n) is 7.45. The largest absolute Gasteiger partial charge is 0.458 e. The molecule has 3 N–H and O–H groups in total. The Hall–Kier alpha value is -4.66. The van der Waals surface area contributed by atoms with Gasteiger partial charge < -0.3 is 30.3 Å². The van der Waals surface area contributed by atoms with E-state index in [4.69, 9.17) is 14.5 Å². The van der Waals surface area contributed by atoms with E-state index in [2.05, 4.69) is 50.2 Å². The lowest BCUT2D eigenvalue weighted by Gasteiger charge is -2.33. The van der Waals surface area contributed by atoms with E-state index in [0.29, 0.717) is 18.7 Å². The molecule has 232 valence electrons. The molecule has 0 unspecified atom stereocenters. The Kier molecular flexibility index (Phi) is 9.62. The first-order chi connectivity index (χ1) is 21.2. The van der Waals surface area contributed by atoms with Crippen LogP contribution in [0.15, 0.2) is 36.7 Å². The number of aromatic nitrogens is 3. The summed E-state index contributed by atoms with van der Waals surface area (Å²) in [5, 5.41) is 8.76. The predicted molar refractivity (Wildman–Crippen MR) is 163 cm³/mol. The van der Waals surface area contributed by atoms with E-state index in [1.54, 1.807) is 39.0 Å². The van der Waals surface area contributed by atoms with Crippen molar-refractivity contribution < 1.29 is 23.5 Å². The monoisotopic (exact) mass is 603 g/mol. The zero-order valence-corrected chi connectivity index (χ0v) is 25.3. The maximum Gasteiger partial charge on any atom is 0.408 e. The van der Waals surface area contributed by atoms with E-state index in [9.17, 15) is 9.59 Å². The molecule has 5 rings (SSSR count). The van der Waals surface area contributed by atoms with Crippen LogP contribution in [-0.4, -0.2) is 64.8 Å². The Morgan fingerprint density at radius 2 is 2.00 bits per heavy atom. The number of ether oxygens (including phenoxy) is 2. The van der Waals surface area contributed by atoms with Crippen LogP contribution in [0.5, 0.6) is 0 Å². The summed E-state index contributed by atoms with van der Waals surface area (Å²) in [6, 6.07) is 13.7. The Labute approximate surface area is 257 Å². The number of anilines is 3. The Balaban J connectivity index is 1.20. The predicted octanol–water partition coefficient (Wildman–Crippen LogP) is 4.40. The van der Waals surface area contributed by atoms with E-state index in [1.807, 2.05) is 4.90 Å². The van der Waals surface area contributed by atoms with Crippen molar-refractivity contribution in [3.63, 3.8) is 0 Å². The lowest BCUT2D eigenvalue weighted by Crippen LogP contribution is -2.48. The average molecular weight is 604 g/mol. The topological polar surface area (TPSA) is 131 Å². The lowest BCUT2D eigenvalue weighted by molar-refractivity contribution is -0.156. The van der Waals surface area contributed by atoms with Crippen LogP contribution in [0.3, 0.4) is 0 Å². The van der Waals surface area contributed by atoms with E-state index < -0.39 is 29.5 Å². The van der Waals surface area contributed by atoms with Gasteiger partial charge in [0.2, 0.25) is 5.82 Å². The summed E-state index contributed by atoms with van der Waals surface area (Å²) in [6.45, 7) is 7.09. The van der Waals surface area contributed by atoms with Gasteiger partial charge in [0.25, 0.3) is 0 Å². The number of carbonyl (C=O) groups excluding carboxylic acids is 2. The van der Waals surface area contributed by atoms with Crippen molar-refractivity contribution in [3.8, 4) is 0 Å². The molecule has 0 aliphatic carbocycles. The normalized spacial score (nSPS) is 15.7. The standard InChI is InChI=1S/C32H38FN7O4/c1-32(2,3)44-30(41)25(39-31(42)43-19-21-8-5-4-6-9-21)18-35-28-26(33)29(37-20-36-28)40-16-13-22(14-17-40)24-12-11-23-10-7-15-34-27(23)38-24/h5,8-9,11-12,20,22,25H,7,10,13-19H2,1-3H3,(H,34,38)(H,39,42)(H,35,36,37)/t25-/m0/s1. The van der Waals surface area contributed by atoms with Crippen LogP contribution < -0.4 is 20.9 Å². The molecule has 0 radical (unpaired) electrons. The highest BCUT2D eigenvalue weighted by Crippen LogP contribution is 2.32. The van der Waals surface area contributed by atoms with Gasteiger partial charge in [0.1, 0.15) is 30.4 Å². The molecular weight excluding hydrogens is 565 g/mol. The molecule has 4 heterocycles.